The number of aromatic hydroxyl groups is 1. The van der Waals surface area contributed by atoms with E-state index in [1.807, 2.05) is 0 Å². The molecule has 3 nitrogen and oxygen atoms in total. The van der Waals surface area contributed by atoms with Gasteiger partial charge in [0, 0.05) is 15.1 Å². The number of phenolic OH excluding ortho intramolecular Hbond substituents is 1. The van der Waals surface area contributed by atoms with Gasteiger partial charge in [-0.05, 0) is 52.3 Å². The Morgan fingerprint density at radius 3 is 2.72 bits per heavy atom. The lowest BCUT2D eigenvalue weighted by atomic mass is 10.2. The summed E-state index contributed by atoms with van der Waals surface area (Å²) < 4.78 is 0.736. The summed E-state index contributed by atoms with van der Waals surface area (Å²) in [5, 5.41) is 12.6. The molecule has 18 heavy (non-hydrogen) atoms. The number of hydrogen-bond acceptors (Lipinski definition) is 2. The van der Waals surface area contributed by atoms with Crippen LogP contribution in [-0.4, -0.2) is 11.0 Å². The molecule has 0 aromatic heterocycles. The molecule has 2 rings (SSSR count). The van der Waals surface area contributed by atoms with Crippen molar-refractivity contribution in [1.82, 2.24) is 0 Å². The predicted molar refractivity (Wildman–Crippen MR) is 75.2 cm³/mol. The minimum absolute atomic E-state index is 0.0489. The van der Waals surface area contributed by atoms with Gasteiger partial charge in [0.25, 0.3) is 5.91 Å². The molecule has 0 radical (unpaired) electrons. The van der Waals surface area contributed by atoms with Crippen molar-refractivity contribution in [1.29, 1.82) is 0 Å². The minimum Gasteiger partial charge on any atom is -0.508 e. The van der Waals surface area contributed by atoms with E-state index < -0.39 is 0 Å². The summed E-state index contributed by atoms with van der Waals surface area (Å²) in [6, 6.07) is 11.2. The zero-order valence-corrected chi connectivity index (χ0v) is 11.5. The van der Waals surface area contributed by atoms with Gasteiger partial charge in [0.1, 0.15) is 5.75 Å². The first-order valence-corrected chi connectivity index (χ1v) is 6.29. The predicted octanol–water partition coefficient (Wildman–Crippen LogP) is 4.06. The standard InChI is InChI=1S/C13H9BrClNO2/c14-11-5-4-9(15)7-12(11)16-13(18)8-2-1-3-10(17)6-8/h1-7,17H,(H,16,18). The molecule has 0 heterocycles. The number of hydrogen-bond donors (Lipinski definition) is 2. The molecule has 2 aromatic carbocycles. The average Bonchev–Trinajstić information content (AvgIpc) is 2.34. The van der Waals surface area contributed by atoms with Gasteiger partial charge in [-0.1, -0.05) is 17.7 Å². The van der Waals surface area contributed by atoms with Crippen LogP contribution in [0.15, 0.2) is 46.9 Å². The summed E-state index contributed by atoms with van der Waals surface area (Å²) in [6.07, 6.45) is 0. The highest BCUT2D eigenvalue weighted by Gasteiger charge is 2.09. The van der Waals surface area contributed by atoms with Crippen molar-refractivity contribution < 1.29 is 9.90 Å². The monoisotopic (exact) mass is 325 g/mol. The Kier molecular flexibility index (Phi) is 3.89. The van der Waals surface area contributed by atoms with Gasteiger partial charge in [0.2, 0.25) is 0 Å². The number of benzene rings is 2. The molecular weight excluding hydrogens is 318 g/mol. The van der Waals surface area contributed by atoms with Crippen LogP contribution in [0.2, 0.25) is 5.02 Å². The first-order chi connectivity index (χ1) is 8.56. The van der Waals surface area contributed by atoms with Gasteiger partial charge in [0.15, 0.2) is 0 Å². The normalized spacial score (nSPS) is 10.1. The number of phenols is 1. The van der Waals surface area contributed by atoms with E-state index in [4.69, 9.17) is 11.6 Å². The van der Waals surface area contributed by atoms with E-state index in [1.165, 1.54) is 12.1 Å². The van der Waals surface area contributed by atoms with Crippen molar-refractivity contribution in [2.75, 3.05) is 5.32 Å². The number of nitrogens with one attached hydrogen (secondary N) is 1. The van der Waals surface area contributed by atoms with Gasteiger partial charge < -0.3 is 10.4 Å². The van der Waals surface area contributed by atoms with Crippen LogP contribution >= 0.6 is 27.5 Å². The molecule has 0 atom stereocenters. The SMILES string of the molecule is O=C(Nc1cc(Cl)ccc1Br)c1cccc(O)c1. The third-order valence-corrected chi connectivity index (χ3v) is 3.21. The molecule has 92 valence electrons. The van der Waals surface area contributed by atoms with Gasteiger partial charge in [0.05, 0.1) is 5.69 Å². The highest BCUT2D eigenvalue weighted by molar-refractivity contribution is 9.10. The first kappa shape index (κ1) is 12.9. The lowest BCUT2D eigenvalue weighted by molar-refractivity contribution is 0.102. The molecule has 2 N–H and O–H groups in total. The van der Waals surface area contributed by atoms with E-state index in [2.05, 4.69) is 21.2 Å². The van der Waals surface area contributed by atoms with E-state index >= 15 is 0 Å². The summed E-state index contributed by atoms with van der Waals surface area (Å²) in [7, 11) is 0. The average molecular weight is 327 g/mol. The van der Waals surface area contributed by atoms with Crippen LogP contribution in [0.3, 0.4) is 0 Å². The van der Waals surface area contributed by atoms with Crippen LogP contribution in [0.1, 0.15) is 10.4 Å². The highest BCUT2D eigenvalue weighted by Crippen LogP contribution is 2.26. The van der Waals surface area contributed by atoms with Gasteiger partial charge >= 0.3 is 0 Å². The second kappa shape index (κ2) is 5.42. The van der Waals surface area contributed by atoms with E-state index in [0.717, 1.165) is 4.47 Å². The molecule has 1 amide bonds. The maximum Gasteiger partial charge on any atom is 0.255 e. The smallest absolute Gasteiger partial charge is 0.255 e. The molecule has 0 unspecified atom stereocenters. The molecule has 0 saturated heterocycles. The zero-order valence-electron chi connectivity index (χ0n) is 9.15. The Bertz CT molecular complexity index is 601. The van der Waals surface area contributed by atoms with E-state index in [-0.39, 0.29) is 11.7 Å². The number of halogens is 2. The number of anilines is 1. The third kappa shape index (κ3) is 3.03. The van der Waals surface area contributed by atoms with Crippen LogP contribution in [-0.2, 0) is 0 Å². The Balaban J connectivity index is 2.24. The fourth-order valence-corrected chi connectivity index (χ4v) is 1.95. The number of rotatable bonds is 2. The Morgan fingerprint density at radius 2 is 2.00 bits per heavy atom. The summed E-state index contributed by atoms with van der Waals surface area (Å²) in [5.74, 6) is -0.262. The van der Waals surface area contributed by atoms with Gasteiger partial charge in [-0.15, -0.1) is 0 Å². The van der Waals surface area contributed by atoms with Gasteiger partial charge in [-0.2, -0.15) is 0 Å². The lowest BCUT2D eigenvalue weighted by Crippen LogP contribution is -2.12. The highest BCUT2D eigenvalue weighted by atomic mass is 79.9. The van der Waals surface area contributed by atoms with Crippen LogP contribution in [0, 0.1) is 0 Å². The fraction of sp³-hybridized carbons (Fsp3) is 0. The molecule has 0 aliphatic heterocycles. The van der Waals surface area contributed by atoms with Crippen molar-refractivity contribution in [2.45, 2.75) is 0 Å². The summed E-state index contributed by atoms with van der Waals surface area (Å²) in [5.41, 5.74) is 0.956. The van der Waals surface area contributed by atoms with E-state index in [0.29, 0.717) is 16.3 Å². The van der Waals surface area contributed by atoms with Crippen LogP contribution < -0.4 is 5.32 Å². The molecule has 0 bridgehead atoms. The number of carbonyl (C=O) groups excluding carboxylic acids is 1. The lowest BCUT2D eigenvalue weighted by Gasteiger charge is -2.08. The second-order valence-electron chi connectivity index (χ2n) is 3.63. The fourth-order valence-electron chi connectivity index (χ4n) is 1.43. The molecule has 0 aliphatic carbocycles. The van der Waals surface area contributed by atoms with E-state index in [9.17, 15) is 9.90 Å². The van der Waals surface area contributed by atoms with Crippen LogP contribution in [0.5, 0.6) is 5.75 Å². The summed E-state index contributed by atoms with van der Waals surface area (Å²) in [4.78, 5) is 11.9. The summed E-state index contributed by atoms with van der Waals surface area (Å²) in [6.45, 7) is 0. The second-order valence-corrected chi connectivity index (χ2v) is 4.92. The third-order valence-electron chi connectivity index (χ3n) is 2.28. The van der Waals surface area contributed by atoms with Crippen molar-refractivity contribution in [3.63, 3.8) is 0 Å². The Labute approximate surface area is 118 Å². The minimum atomic E-state index is -0.311. The molecule has 0 spiro atoms. The maximum atomic E-state index is 11.9. The number of carbonyl (C=O) groups is 1. The van der Waals surface area contributed by atoms with E-state index in [1.54, 1.807) is 30.3 Å². The molecule has 0 saturated carbocycles. The van der Waals surface area contributed by atoms with Gasteiger partial charge in [-0.25, -0.2) is 0 Å². The topological polar surface area (TPSA) is 49.3 Å². The first-order valence-electron chi connectivity index (χ1n) is 5.12. The van der Waals surface area contributed by atoms with Crippen molar-refractivity contribution in [2.24, 2.45) is 0 Å². The molecular formula is C13H9BrClNO2. The van der Waals surface area contributed by atoms with Crippen molar-refractivity contribution in [3.05, 3.63) is 57.5 Å². The number of amides is 1. The van der Waals surface area contributed by atoms with Crippen LogP contribution in [0.4, 0.5) is 5.69 Å². The van der Waals surface area contributed by atoms with Gasteiger partial charge in [-0.3, -0.25) is 4.79 Å². The Morgan fingerprint density at radius 1 is 1.22 bits per heavy atom. The van der Waals surface area contributed by atoms with Crippen molar-refractivity contribution >= 4 is 39.1 Å². The maximum absolute atomic E-state index is 11.9. The molecule has 0 fully saturated rings. The van der Waals surface area contributed by atoms with Crippen molar-refractivity contribution in [3.8, 4) is 5.75 Å². The molecule has 2 aromatic rings. The zero-order chi connectivity index (χ0) is 13.1. The Hall–Kier alpha value is -1.52. The molecule has 0 aliphatic rings. The van der Waals surface area contributed by atoms with Crippen LogP contribution in [0.25, 0.3) is 0 Å². The molecule has 5 heteroatoms. The quantitative estimate of drug-likeness (QED) is 0.874. The largest absolute Gasteiger partial charge is 0.508 e. The summed E-state index contributed by atoms with van der Waals surface area (Å²) >= 11 is 9.18.